The summed E-state index contributed by atoms with van der Waals surface area (Å²) in [6.07, 6.45) is 5.44. The van der Waals surface area contributed by atoms with Crippen LogP contribution in [0, 0.1) is 13.8 Å². The van der Waals surface area contributed by atoms with Crippen LogP contribution in [0.3, 0.4) is 0 Å². The second-order valence-electron chi connectivity index (χ2n) is 9.50. The van der Waals surface area contributed by atoms with Crippen LogP contribution in [0.25, 0.3) is 16.6 Å². The minimum atomic E-state index is 0.167. The van der Waals surface area contributed by atoms with E-state index in [1.807, 2.05) is 29.8 Å². The number of amidine groups is 1. The number of phenolic OH excluding ortho intramolecular Hbond substituents is 1. The molecule has 1 aliphatic heterocycles. The molecule has 5 rings (SSSR count). The van der Waals surface area contributed by atoms with Crippen molar-refractivity contribution < 1.29 is 14.6 Å². The van der Waals surface area contributed by atoms with E-state index in [9.17, 15) is 5.11 Å². The SMILES string of the molecule is CCc1cc(O)ccc1N=C(N)c1cnn2cc(-c3c(C)cc(OC)cc3C)cc2c1N[C@H]1CCOC1. The molecule has 3 heterocycles. The summed E-state index contributed by atoms with van der Waals surface area (Å²) >= 11 is 0. The summed E-state index contributed by atoms with van der Waals surface area (Å²) in [5, 5.41) is 18.2. The highest BCUT2D eigenvalue weighted by atomic mass is 16.5. The maximum absolute atomic E-state index is 9.88. The molecule has 0 radical (unpaired) electrons. The van der Waals surface area contributed by atoms with E-state index in [-0.39, 0.29) is 11.8 Å². The van der Waals surface area contributed by atoms with Crippen molar-refractivity contribution >= 4 is 22.7 Å². The van der Waals surface area contributed by atoms with Gasteiger partial charge in [0.25, 0.3) is 0 Å². The van der Waals surface area contributed by atoms with Gasteiger partial charge in [0.05, 0.1) is 48.4 Å². The van der Waals surface area contributed by atoms with Gasteiger partial charge in [-0.25, -0.2) is 9.51 Å². The van der Waals surface area contributed by atoms with Crippen LogP contribution in [0.5, 0.6) is 11.5 Å². The number of nitrogens with two attached hydrogens (primary N) is 1. The normalized spacial score (nSPS) is 15.9. The molecule has 0 saturated carbocycles. The lowest BCUT2D eigenvalue weighted by molar-refractivity contribution is 0.195. The predicted octanol–water partition coefficient (Wildman–Crippen LogP) is 5.13. The number of aryl methyl sites for hydroxylation is 3. The van der Waals surface area contributed by atoms with Gasteiger partial charge in [0.15, 0.2) is 0 Å². The summed E-state index contributed by atoms with van der Waals surface area (Å²) in [5.74, 6) is 1.42. The maximum Gasteiger partial charge on any atom is 0.135 e. The summed E-state index contributed by atoms with van der Waals surface area (Å²) in [7, 11) is 1.68. The quantitative estimate of drug-likeness (QED) is 0.240. The zero-order valence-corrected chi connectivity index (χ0v) is 21.7. The van der Waals surface area contributed by atoms with Gasteiger partial charge in [0.1, 0.15) is 17.3 Å². The fourth-order valence-corrected chi connectivity index (χ4v) is 5.04. The Balaban J connectivity index is 1.65. The Labute approximate surface area is 216 Å². The Morgan fingerprint density at radius 2 is 2.03 bits per heavy atom. The fraction of sp³-hybridized carbons (Fsp3) is 0.310. The zero-order valence-electron chi connectivity index (χ0n) is 21.7. The van der Waals surface area contributed by atoms with Crippen molar-refractivity contribution in [1.29, 1.82) is 0 Å². The van der Waals surface area contributed by atoms with Gasteiger partial charge in [0.2, 0.25) is 0 Å². The lowest BCUT2D eigenvalue weighted by atomic mass is 9.97. The number of rotatable bonds is 7. The molecular weight excluding hydrogens is 466 g/mol. The Kier molecular flexibility index (Phi) is 6.76. The zero-order chi connectivity index (χ0) is 26.1. The Morgan fingerprint density at radius 1 is 1.24 bits per heavy atom. The smallest absolute Gasteiger partial charge is 0.135 e. The van der Waals surface area contributed by atoms with Gasteiger partial charge in [-0.05, 0) is 85.3 Å². The van der Waals surface area contributed by atoms with Gasteiger partial charge in [-0.3, -0.25) is 0 Å². The van der Waals surface area contributed by atoms with Gasteiger partial charge in [-0.15, -0.1) is 0 Å². The average molecular weight is 500 g/mol. The standard InChI is InChI=1S/C29H33N5O3/c1-5-19-12-22(35)6-7-25(19)33-29(30)24-14-31-34-15-20(27-17(2)10-23(36-4)11-18(27)3)13-26(34)28(24)32-21-8-9-37-16-21/h6-7,10-15,21,32,35H,5,8-9,16H2,1-4H3,(H2,30,33)/t21-/m0/s1. The first-order valence-corrected chi connectivity index (χ1v) is 12.6. The number of phenols is 1. The Bertz CT molecular complexity index is 1460. The molecule has 1 saturated heterocycles. The van der Waals surface area contributed by atoms with E-state index in [4.69, 9.17) is 25.3 Å². The molecule has 0 amide bonds. The van der Waals surface area contributed by atoms with E-state index < -0.39 is 0 Å². The molecule has 37 heavy (non-hydrogen) atoms. The number of aromatic nitrogens is 2. The highest BCUT2D eigenvalue weighted by Gasteiger charge is 2.22. The van der Waals surface area contributed by atoms with Gasteiger partial charge in [0, 0.05) is 18.4 Å². The molecule has 1 atom stereocenters. The number of aliphatic imine (C=N–C) groups is 1. The van der Waals surface area contributed by atoms with E-state index in [1.165, 1.54) is 0 Å². The van der Waals surface area contributed by atoms with Crippen LogP contribution in [0.4, 0.5) is 11.4 Å². The molecule has 0 spiro atoms. The van der Waals surface area contributed by atoms with Crippen LogP contribution < -0.4 is 15.8 Å². The van der Waals surface area contributed by atoms with E-state index in [0.717, 1.165) is 75.5 Å². The van der Waals surface area contributed by atoms with Crippen LogP contribution >= 0.6 is 0 Å². The van der Waals surface area contributed by atoms with Gasteiger partial charge in [-0.2, -0.15) is 5.10 Å². The highest BCUT2D eigenvalue weighted by molar-refractivity contribution is 6.06. The van der Waals surface area contributed by atoms with Gasteiger partial charge >= 0.3 is 0 Å². The van der Waals surface area contributed by atoms with Crippen molar-refractivity contribution in [3.63, 3.8) is 0 Å². The third-order valence-electron chi connectivity index (χ3n) is 6.91. The third-order valence-corrected chi connectivity index (χ3v) is 6.91. The molecular formula is C29H33N5O3. The second kappa shape index (κ2) is 10.1. The van der Waals surface area contributed by atoms with Crippen molar-refractivity contribution in [1.82, 2.24) is 9.61 Å². The first-order valence-electron chi connectivity index (χ1n) is 12.6. The molecule has 1 fully saturated rings. The number of benzene rings is 2. The number of hydrogen-bond acceptors (Lipinski definition) is 6. The molecule has 4 aromatic rings. The van der Waals surface area contributed by atoms with Crippen LogP contribution in [0.15, 0.2) is 53.8 Å². The summed E-state index contributed by atoms with van der Waals surface area (Å²) in [6, 6.07) is 11.5. The Hall–Kier alpha value is -4.04. The topological polar surface area (TPSA) is 106 Å². The molecule has 0 unspecified atom stereocenters. The highest BCUT2D eigenvalue weighted by Crippen LogP contribution is 2.35. The fourth-order valence-electron chi connectivity index (χ4n) is 5.04. The summed E-state index contributed by atoms with van der Waals surface area (Å²) < 4.78 is 13.0. The van der Waals surface area contributed by atoms with Gasteiger partial charge in [-0.1, -0.05) is 6.92 Å². The Morgan fingerprint density at radius 3 is 2.70 bits per heavy atom. The van der Waals surface area contributed by atoms with E-state index in [0.29, 0.717) is 12.4 Å². The van der Waals surface area contributed by atoms with Crippen LogP contribution in [-0.4, -0.2) is 46.9 Å². The number of nitrogens with zero attached hydrogens (tertiary/aromatic N) is 3. The lowest BCUT2D eigenvalue weighted by Crippen LogP contribution is -2.24. The number of methoxy groups -OCH3 is 1. The van der Waals surface area contributed by atoms with Gasteiger partial charge < -0.3 is 25.6 Å². The van der Waals surface area contributed by atoms with Crippen molar-refractivity contribution in [2.24, 2.45) is 10.7 Å². The molecule has 8 heteroatoms. The van der Waals surface area contributed by atoms with Crippen LogP contribution in [-0.2, 0) is 11.2 Å². The molecule has 4 N–H and O–H groups in total. The van der Waals surface area contributed by atoms with E-state index in [1.54, 1.807) is 31.5 Å². The first kappa shape index (κ1) is 24.6. The number of nitrogens with one attached hydrogen (secondary N) is 1. The summed E-state index contributed by atoms with van der Waals surface area (Å²) in [4.78, 5) is 4.74. The van der Waals surface area contributed by atoms with Crippen LogP contribution in [0.1, 0.15) is 35.6 Å². The number of aromatic hydroxyl groups is 1. The largest absolute Gasteiger partial charge is 0.508 e. The molecule has 0 aliphatic carbocycles. The lowest BCUT2D eigenvalue weighted by Gasteiger charge is -2.17. The number of ether oxygens (including phenoxy) is 2. The second-order valence-corrected chi connectivity index (χ2v) is 9.50. The van der Waals surface area contributed by atoms with E-state index in [2.05, 4.69) is 25.2 Å². The number of hydrogen-bond donors (Lipinski definition) is 3. The van der Waals surface area contributed by atoms with Crippen molar-refractivity contribution in [3.8, 4) is 22.6 Å². The molecule has 0 bridgehead atoms. The average Bonchev–Trinajstić information content (AvgIpc) is 3.54. The minimum absolute atomic E-state index is 0.167. The summed E-state index contributed by atoms with van der Waals surface area (Å²) in [5.41, 5.74) is 15.2. The van der Waals surface area contributed by atoms with Crippen LogP contribution in [0.2, 0.25) is 0 Å². The van der Waals surface area contributed by atoms with Crippen molar-refractivity contribution in [2.45, 2.75) is 39.7 Å². The monoisotopic (exact) mass is 499 g/mol. The molecule has 2 aromatic carbocycles. The molecule has 8 nitrogen and oxygen atoms in total. The first-order chi connectivity index (χ1) is 17.9. The van der Waals surface area contributed by atoms with Crippen molar-refractivity contribution in [3.05, 3.63) is 71.0 Å². The van der Waals surface area contributed by atoms with E-state index >= 15 is 0 Å². The maximum atomic E-state index is 9.88. The third kappa shape index (κ3) is 4.84. The molecule has 1 aliphatic rings. The van der Waals surface area contributed by atoms with Crippen molar-refractivity contribution in [2.75, 3.05) is 25.6 Å². The minimum Gasteiger partial charge on any atom is -0.508 e. The molecule has 2 aromatic heterocycles. The molecule has 192 valence electrons. The predicted molar refractivity (Wildman–Crippen MR) is 147 cm³/mol. The number of fused-ring (bicyclic) bond motifs is 1. The summed E-state index contributed by atoms with van der Waals surface area (Å²) in [6.45, 7) is 7.56. The number of anilines is 1.